The van der Waals surface area contributed by atoms with Gasteiger partial charge in [-0.1, -0.05) is 6.07 Å². The van der Waals surface area contributed by atoms with Crippen LogP contribution in [0.4, 0.5) is 14.9 Å². The quantitative estimate of drug-likeness (QED) is 0.733. The molecule has 1 aromatic carbocycles. The van der Waals surface area contributed by atoms with Crippen LogP contribution in [-0.2, 0) is 0 Å². The zero-order chi connectivity index (χ0) is 10.7. The first-order chi connectivity index (χ1) is 6.50. The van der Waals surface area contributed by atoms with Gasteiger partial charge < -0.3 is 10.2 Å². The Morgan fingerprint density at radius 1 is 1.43 bits per heavy atom. The number of aryl methyl sites for hydroxylation is 1. The van der Waals surface area contributed by atoms with Crippen LogP contribution in [-0.4, -0.2) is 25.0 Å². The van der Waals surface area contributed by atoms with Gasteiger partial charge in [0.05, 0.1) is 5.69 Å². The molecular weight excluding hydrogens is 183 g/mol. The maximum absolute atomic E-state index is 13.2. The van der Waals surface area contributed by atoms with Crippen molar-refractivity contribution in [2.75, 3.05) is 19.4 Å². The third-order valence-corrected chi connectivity index (χ3v) is 1.77. The zero-order valence-electron chi connectivity index (χ0n) is 8.47. The maximum atomic E-state index is 13.2. The molecule has 1 N–H and O–H groups in total. The van der Waals surface area contributed by atoms with E-state index >= 15 is 0 Å². The third-order valence-electron chi connectivity index (χ3n) is 1.77. The van der Waals surface area contributed by atoms with Crippen molar-refractivity contribution in [1.82, 2.24) is 4.90 Å². The number of nitrogens with one attached hydrogen (secondary N) is 1. The zero-order valence-corrected chi connectivity index (χ0v) is 8.47. The molecule has 3 nitrogen and oxygen atoms in total. The molecule has 0 spiro atoms. The summed E-state index contributed by atoms with van der Waals surface area (Å²) in [6, 6.07) is 4.33. The third kappa shape index (κ3) is 2.45. The fourth-order valence-corrected chi connectivity index (χ4v) is 0.949. The molecule has 0 aromatic heterocycles. The Morgan fingerprint density at radius 3 is 2.57 bits per heavy atom. The number of nitrogens with zero attached hydrogens (tertiary/aromatic N) is 1. The number of amides is 2. The molecular formula is C10H13FN2O. The van der Waals surface area contributed by atoms with Crippen LogP contribution in [0.1, 0.15) is 5.56 Å². The van der Waals surface area contributed by atoms with E-state index in [2.05, 4.69) is 5.32 Å². The second-order valence-electron chi connectivity index (χ2n) is 3.31. The highest BCUT2D eigenvalue weighted by Crippen LogP contribution is 2.15. The summed E-state index contributed by atoms with van der Waals surface area (Å²) in [5.74, 6) is -0.416. The van der Waals surface area contributed by atoms with Crippen LogP contribution in [0, 0.1) is 12.7 Å². The van der Waals surface area contributed by atoms with E-state index in [0.717, 1.165) is 5.56 Å². The molecule has 0 aliphatic rings. The molecule has 0 saturated heterocycles. The average Bonchev–Trinajstić information content (AvgIpc) is 2.09. The summed E-state index contributed by atoms with van der Waals surface area (Å²) < 4.78 is 13.2. The van der Waals surface area contributed by atoms with Crippen molar-refractivity contribution in [3.05, 3.63) is 29.6 Å². The summed E-state index contributed by atoms with van der Waals surface area (Å²) in [6.07, 6.45) is 0. The SMILES string of the molecule is Cc1ccc(NC(=O)N(C)C)c(F)c1. The molecule has 4 heteroatoms. The average molecular weight is 196 g/mol. The number of benzene rings is 1. The molecule has 2 amide bonds. The van der Waals surface area contributed by atoms with Crippen molar-refractivity contribution in [3.8, 4) is 0 Å². The number of urea groups is 1. The number of halogens is 1. The van der Waals surface area contributed by atoms with Gasteiger partial charge in [-0.3, -0.25) is 0 Å². The second-order valence-corrected chi connectivity index (χ2v) is 3.31. The van der Waals surface area contributed by atoms with E-state index in [0.29, 0.717) is 0 Å². The number of carbonyl (C=O) groups is 1. The van der Waals surface area contributed by atoms with Crippen molar-refractivity contribution < 1.29 is 9.18 Å². The molecule has 0 fully saturated rings. The molecule has 14 heavy (non-hydrogen) atoms. The molecule has 0 atom stereocenters. The first kappa shape index (κ1) is 10.5. The lowest BCUT2D eigenvalue weighted by Gasteiger charge is -2.12. The first-order valence-corrected chi connectivity index (χ1v) is 4.25. The van der Waals surface area contributed by atoms with Gasteiger partial charge in [0.1, 0.15) is 5.82 Å². The van der Waals surface area contributed by atoms with Crippen LogP contribution in [0.5, 0.6) is 0 Å². The van der Waals surface area contributed by atoms with Crippen LogP contribution in [0.25, 0.3) is 0 Å². The molecule has 0 bridgehead atoms. The van der Waals surface area contributed by atoms with Crippen LogP contribution in [0.3, 0.4) is 0 Å². The second kappa shape index (κ2) is 4.09. The van der Waals surface area contributed by atoms with Crippen molar-refractivity contribution in [1.29, 1.82) is 0 Å². The molecule has 0 radical (unpaired) electrons. The smallest absolute Gasteiger partial charge is 0.321 e. The predicted octanol–water partition coefficient (Wildman–Crippen LogP) is 2.23. The van der Waals surface area contributed by atoms with Gasteiger partial charge in [0.15, 0.2) is 0 Å². The van der Waals surface area contributed by atoms with Gasteiger partial charge in [-0.05, 0) is 24.6 Å². The van der Waals surface area contributed by atoms with E-state index in [1.54, 1.807) is 33.2 Å². The fraction of sp³-hybridized carbons (Fsp3) is 0.300. The summed E-state index contributed by atoms with van der Waals surface area (Å²) in [5.41, 5.74) is 1.03. The first-order valence-electron chi connectivity index (χ1n) is 4.25. The minimum absolute atomic E-state index is 0.203. The lowest BCUT2D eigenvalue weighted by Crippen LogP contribution is -2.27. The predicted molar refractivity (Wildman–Crippen MR) is 53.8 cm³/mol. The fourth-order valence-electron chi connectivity index (χ4n) is 0.949. The highest BCUT2D eigenvalue weighted by Gasteiger charge is 2.07. The number of hydrogen-bond acceptors (Lipinski definition) is 1. The number of rotatable bonds is 1. The Balaban J connectivity index is 2.82. The van der Waals surface area contributed by atoms with Crippen LogP contribution >= 0.6 is 0 Å². The summed E-state index contributed by atoms with van der Waals surface area (Å²) in [6.45, 7) is 1.79. The van der Waals surface area contributed by atoms with Crippen molar-refractivity contribution in [3.63, 3.8) is 0 Å². The van der Waals surface area contributed by atoms with Crippen LogP contribution in [0.2, 0.25) is 0 Å². The molecule has 0 aliphatic heterocycles. The summed E-state index contributed by atoms with van der Waals surface area (Å²) in [7, 11) is 3.20. The summed E-state index contributed by atoms with van der Waals surface area (Å²) >= 11 is 0. The van der Waals surface area contributed by atoms with Crippen LogP contribution in [0.15, 0.2) is 18.2 Å². The van der Waals surface area contributed by atoms with E-state index in [1.807, 2.05) is 0 Å². The Morgan fingerprint density at radius 2 is 2.07 bits per heavy atom. The largest absolute Gasteiger partial charge is 0.331 e. The minimum atomic E-state index is -0.416. The molecule has 0 saturated carbocycles. The lowest BCUT2D eigenvalue weighted by molar-refractivity contribution is 0.230. The topological polar surface area (TPSA) is 32.3 Å². The van der Waals surface area contributed by atoms with E-state index < -0.39 is 5.82 Å². The molecule has 0 heterocycles. The van der Waals surface area contributed by atoms with Crippen molar-refractivity contribution >= 4 is 11.7 Å². The minimum Gasteiger partial charge on any atom is -0.331 e. The normalized spacial score (nSPS) is 9.71. The lowest BCUT2D eigenvalue weighted by atomic mass is 10.2. The monoisotopic (exact) mass is 196 g/mol. The van der Waals surface area contributed by atoms with Gasteiger partial charge in [-0.15, -0.1) is 0 Å². The Hall–Kier alpha value is -1.58. The van der Waals surface area contributed by atoms with E-state index in [1.165, 1.54) is 11.0 Å². The van der Waals surface area contributed by atoms with Gasteiger partial charge in [0.2, 0.25) is 0 Å². The highest BCUT2D eigenvalue weighted by molar-refractivity contribution is 5.89. The van der Waals surface area contributed by atoms with Crippen LogP contribution < -0.4 is 5.32 Å². The van der Waals surface area contributed by atoms with Crippen molar-refractivity contribution in [2.45, 2.75) is 6.92 Å². The van der Waals surface area contributed by atoms with E-state index in [-0.39, 0.29) is 11.7 Å². The molecule has 0 aliphatic carbocycles. The maximum Gasteiger partial charge on any atom is 0.321 e. The number of anilines is 1. The van der Waals surface area contributed by atoms with Gasteiger partial charge in [-0.2, -0.15) is 0 Å². The molecule has 0 unspecified atom stereocenters. The van der Waals surface area contributed by atoms with Crippen molar-refractivity contribution in [2.24, 2.45) is 0 Å². The van der Waals surface area contributed by atoms with Gasteiger partial charge in [0, 0.05) is 14.1 Å². The summed E-state index contributed by atoms with van der Waals surface area (Å²) in [5, 5.41) is 2.45. The highest BCUT2D eigenvalue weighted by atomic mass is 19.1. The Labute approximate surface area is 82.5 Å². The van der Waals surface area contributed by atoms with E-state index in [9.17, 15) is 9.18 Å². The number of carbonyl (C=O) groups excluding carboxylic acids is 1. The van der Waals surface area contributed by atoms with Gasteiger partial charge in [0.25, 0.3) is 0 Å². The Kier molecular flexibility index (Phi) is 3.06. The van der Waals surface area contributed by atoms with Gasteiger partial charge >= 0.3 is 6.03 Å². The standard InChI is InChI=1S/C10H13FN2O/c1-7-4-5-9(8(11)6-7)12-10(14)13(2)3/h4-6H,1-3H3,(H,12,14). The molecule has 1 rings (SSSR count). The van der Waals surface area contributed by atoms with E-state index in [4.69, 9.17) is 0 Å². The molecule has 76 valence electrons. The summed E-state index contributed by atoms with van der Waals surface area (Å²) in [4.78, 5) is 12.5. The van der Waals surface area contributed by atoms with Gasteiger partial charge in [-0.25, -0.2) is 9.18 Å². The molecule has 1 aromatic rings. The number of hydrogen-bond donors (Lipinski definition) is 1. The Bertz CT molecular complexity index is 350.